The molecule has 0 bridgehead atoms. The Morgan fingerprint density at radius 2 is 1.62 bits per heavy atom. The summed E-state index contributed by atoms with van der Waals surface area (Å²) in [7, 11) is -3.00. The maximum Gasteiger partial charge on any atom is 0.315 e. The lowest BCUT2D eigenvalue weighted by Gasteiger charge is -2.71. The molecule has 1 heterocycles. The number of carbonyl (C=O) groups excluding carboxylic acids is 2. The van der Waals surface area contributed by atoms with Crippen LogP contribution < -0.4 is 5.32 Å². The summed E-state index contributed by atoms with van der Waals surface area (Å²) in [6.45, 7) is 20.0. The molecule has 1 N–H and O–H groups in total. The monoisotopic (exact) mass is 859 g/mol. The predicted octanol–water partition coefficient (Wildman–Crippen LogP) is 10.2. The molecule has 9 heteroatoms. The Labute approximate surface area is 367 Å². The van der Waals surface area contributed by atoms with Gasteiger partial charge in [0.2, 0.25) is 0 Å². The number of nitrogens with zero attached hydrogens (tertiary/aromatic N) is 1. The van der Waals surface area contributed by atoms with E-state index in [1.807, 2.05) is 30.3 Å². The Kier molecular flexibility index (Phi) is 11.9. The molecule has 0 radical (unpaired) electrons. The quantitative estimate of drug-likeness (QED) is 0.222. The van der Waals surface area contributed by atoms with Gasteiger partial charge in [-0.2, -0.15) is 0 Å². The molecular formula is C52H75FN2O5S. The molecule has 0 spiro atoms. The lowest BCUT2D eigenvalue weighted by molar-refractivity contribution is -0.196. The van der Waals surface area contributed by atoms with Crippen LogP contribution in [0.2, 0.25) is 0 Å². The number of ketones is 1. The molecule has 3 saturated carbocycles. The molecule has 1 aromatic carbocycles. The Morgan fingerprint density at radius 1 is 0.902 bits per heavy atom. The highest BCUT2D eigenvalue weighted by Gasteiger charge is 2.69. The number of fused-ring (bicyclic) bond motifs is 7. The lowest BCUT2D eigenvalue weighted by Crippen LogP contribution is -2.66. The van der Waals surface area contributed by atoms with Gasteiger partial charge in [0.05, 0.1) is 10.7 Å². The zero-order valence-electron chi connectivity index (χ0n) is 38.6. The lowest BCUT2D eigenvalue weighted by atomic mass is 9.33. The molecule has 1 aromatic rings. The standard InChI is InChI=1S/C52H75FN2O5S/c1-35(2)44-41(56)32-52(54-28-31-55-29-20-38(21-30-55)61(8,58)59)27-26-49(6)40(45(44)52)14-15-43-48(5)22-18-39(47(3,4)42(48)19-23-50(43,49)7)37-16-24-51(34-53,25-17-37)46(57)60-33-36-12-10-9-11-13-36/h9-13,16,18,35,38,40,42-43,54H,14-15,17,19-34H2,1-8H3/t40-,42+,43-,48+,49-,50-,51+,52-/m1/s1. The van der Waals surface area contributed by atoms with Crippen molar-refractivity contribution in [3.8, 4) is 0 Å². The van der Waals surface area contributed by atoms with Crippen LogP contribution in [-0.2, 0) is 30.8 Å². The number of esters is 1. The molecular weight excluding hydrogens is 784 g/mol. The van der Waals surface area contributed by atoms with Gasteiger partial charge in [-0.1, -0.05) is 91.0 Å². The molecule has 61 heavy (non-hydrogen) atoms. The van der Waals surface area contributed by atoms with Crippen molar-refractivity contribution in [2.45, 2.75) is 149 Å². The molecule has 6 aliphatic carbocycles. The van der Waals surface area contributed by atoms with Gasteiger partial charge >= 0.3 is 5.97 Å². The zero-order valence-corrected chi connectivity index (χ0v) is 39.5. The van der Waals surface area contributed by atoms with Crippen LogP contribution in [0.3, 0.4) is 0 Å². The first kappa shape index (κ1) is 45.0. The van der Waals surface area contributed by atoms with Crippen LogP contribution in [0, 0.1) is 50.7 Å². The van der Waals surface area contributed by atoms with Gasteiger partial charge in [-0.3, -0.25) is 9.59 Å². The number of rotatable bonds is 11. The summed E-state index contributed by atoms with van der Waals surface area (Å²) in [5.74, 6) is 1.55. The molecule has 336 valence electrons. The number of halogens is 1. The Morgan fingerprint density at radius 3 is 2.26 bits per heavy atom. The average Bonchev–Trinajstić information content (AvgIpc) is 3.52. The fourth-order valence-electron chi connectivity index (χ4n) is 15.4. The Hall–Kier alpha value is -2.62. The van der Waals surface area contributed by atoms with Crippen LogP contribution >= 0.6 is 0 Å². The van der Waals surface area contributed by atoms with Crippen LogP contribution in [0.1, 0.15) is 138 Å². The minimum absolute atomic E-state index is 0.0572. The van der Waals surface area contributed by atoms with Crippen molar-refractivity contribution in [2.75, 3.05) is 39.1 Å². The summed E-state index contributed by atoms with van der Waals surface area (Å²) in [5.41, 5.74) is 5.05. The Balaban J connectivity index is 1.00. The molecule has 8 atom stereocenters. The minimum atomic E-state index is -3.00. The summed E-state index contributed by atoms with van der Waals surface area (Å²) in [4.78, 5) is 29.9. The summed E-state index contributed by atoms with van der Waals surface area (Å²) >= 11 is 0. The molecule has 8 rings (SSSR count). The highest BCUT2D eigenvalue weighted by Crippen LogP contribution is 2.76. The van der Waals surface area contributed by atoms with Crippen LogP contribution in [0.15, 0.2) is 64.8 Å². The van der Waals surface area contributed by atoms with Gasteiger partial charge in [0.15, 0.2) is 5.78 Å². The molecule has 1 saturated heterocycles. The van der Waals surface area contributed by atoms with E-state index in [1.54, 1.807) is 0 Å². The second-order valence-electron chi connectivity index (χ2n) is 22.5. The van der Waals surface area contributed by atoms with Crippen molar-refractivity contribution in [2.24, 2.45) is 50.7 Å². The number of ether oxygens (including phenoxy) is 1. The van der Waals surface area contributed by atoms with Crippen LogP contribution in [0.25, 0.3) is 0 Å². The number of piperidine rings is 1. The number of alkyl halides is 1. The third-order valence-corrected chi connectivity index (χ3v) is 20.6. The number of benzene rings is 1. The first-order valence-electron chi connectivity index (χ1n) is 23.9. The van der Waals surface area contributed by atoms with Crippen molar-refractivity contribution in [3.63, 3.8) is 0 Å². The van der Waals surface area contributed by atoms with Gasteiger partial charge in [-0.25, -0.2) is 12.8 Å². The molecule has 7 aliphatic rings. The molecule has 0 aromatic heterocycles. The number of Topliss-reactive ketones (excluding diaryl/α,β-unsaturated/α-hetero) is 1. The number of hydrogen-bond donors (Lipinski definition) is 1. The fourth-order valence-corrected chi connectivity index (χ4v) is 16.4. The van der Waals surface area contributed by atoms with E-state index >= 15 is 0 Å². The van der Waals surface area contributed by atoms with Gasteiger partial charge in [-0.05, 0) is 163 Å². The first-order chi connectivity index (χ1) is 28.7. The van der Waals surface area contributed by atoms with Crippen molar-refractivity contribution in [1.29, 1.82) is 0 Å². The number of carbonyl (C=O) groups is 2. The highest BCUT2D eigenvalue weighted by atomic mass is 32.2. The molecule has 1 aliphatic heterocycles. The third-order valence-electron chi connectivity index (χ3n) is 18.9. The van der Waals surface area contributed by atoms with E-state index in [4.69, 9.17) is 4.74 Å². The van der Waals surface area contributed by atoms with Crippen molar-refractivity contribution in [3.05, 3.63) is 70.3 Å². The highest BCUT2D eigenvalue weighted by molar-refractivity contribution is 7.91. The van der Waals surface area contributed by atoms with E-state index in [1.165, 1.54) is 35.8 Å². The Bertz CT molecular complexity index is 2080. The number of allylic oxidation sites excluding steroid dienone is 5. The summed E-state index contributed by atoms with van der Waals surface area (Å²) in [6, 6.07) is 9.63. The van der Waals surface area contributed by atoms with Crippen LogP contribution in [0.4, 0.5) is 4.39 Å². The van der Waals surface area contributed by atoms with Crippen molar-refractivity contribution < 1.29 is 27.1 Å². The first-order valence-corrected chi connectivity index (χ1v) is 25.8. The largest absolute Gasteiger partial charge is 0.460 e. The number of hydrogen-bond acceptors (Lipinski definition) is 7. The van der Waals surface area contributed by atoms with Gasteiger partial charge in [-0.15, -0.1) is 0 Å². The van der Waals surface area contributed by atoms with E-state index in [0.29, 0.717) is 62.1 Å². The predicted molar refractivity (Wildman–Crippen MR) is 242 cm³/mol. The molecule has 0 unspecified atom stereocenters. The van der Waals surface area contributed by atoms with E-state index in [9.17, 15) is 22.4 Å². The third kappa shape index (κ3) is 7.38. The normalized spacial score (nSPS) is 37.9. The van der Waals surface area contributed by atoms with E-state index in [2.05, 4.69) is 70.8 Å². The summed E-state index contributed by atoms with van der Waals surface area (Å²) < 4.78 is 44.9. The number of nitrogens with one attached hydrogen (secondary N) is 1. The second kappa shape index (κ2) is 16.1. The SMILES string of the molecule is CC(C)C1=C2[C@H]3CC[C@@H]4[C@@]5(C)CC=C(C6=CC[C@](CF)(C(=O)OCc7ccccc7)CC6)C(C)(C)[C@@H]5CC[C@@]4(C)[C@]3(C)CC[C@@]2(NCCN2CCC(S(C)(=O)=O)CC2)CC1=O. The van der Waals surface area contributed by atoms with Gasteiger partial charge in [0.25, 0.3) is 0 Å². The van der Waals surface area contributed by atoms with E-state index in [-0.39, 0.29) is 45.0 Å². The topological polar surface area (TPSA) is 92.8 Å². The maximum atomic E-state index is 14.8. The smallest absolute Gasteiger partial charge is 0.315 e. The zero-order chi connectivity index (χ0) is 43.8. The van der Waals surface area contributed by atoms with E-state index in [0.717, 1.165) is 69.4 Å². The van der Waals surface area contributed by atoms with Crippen molar-refractivity contribution >= 4 is 21.6 Å². The molecule has 7 nitrogen and oxygen atoms in total. The van der Waals surface area contributed by atoms with Crippen LogP contribution in [0.5, 0.6) is 0 Å². The molecule has 4 fully saturated rings. The maximum absolute atomic E-state index is 14.8. The van der Waals surface area contributed by atoms with Gasteiger partial charge in [0.1, 0.15) is 23.1 Å². The molecule has 0 amide bonds. The number of sulfone groups is 1. The second-order valence-corrected chi connectivity index (χ2v) is 24.9. The minimum Gasteiger partial charge on any atom is -0.460 e. The van der Waals surface area contributed by atoms with Gasteiger partial charge in [0, 0.05) is 31.3 Å². The summed E-state index contributed by atoms with van der Waals surface area (Å²) in [5, 5.41) is 3.84. The average molecular weight is 859 g/mol. The van der Waals surface area contributed by atoms with Gasteiger partial charge < -0.3 is 15.0 Å². The number of likely N-dealkylation sites (tertiary alicyclic amines) is 1. The summed E-state index contributed by atoms with van der Waals surface area (Å²) in [6.07, 6.45) is 17.4. The van der Waals surface area contributed by atoms with Crippen LogP contribution in [-0.4, -0.2) is 75.0 Å². The fraction of sp³-hybridized carbons (Fsp3) is 0.731. The van der Waals surface area contributed by atoms with Crippen molar-refractivity contribution in [1.82, 2.24) is 10.2 Å². The van der Waals surface area contributed by atoms with E-state index < -0.39 is 27.9 Å².